The Labute approximate surface area is 92.1 Å². The van der Waals surface area contributed by atoms with Crippen LogP contribution in [-0.2, 0) is 14.4 Å². The van der Waals surface area contributed by atoms with Gasteiger partial charge in [-0.25, -0.2) is 5.43 Å². The first-order valence-corrected chi connectivity index (χ1v) is 4.83. The highest BCUT2D eigenvalue weighted by Crippen LogP contribution is 2.03. The number of carboxylic acid groups (broad SMARTS) is 1. The largest absolute Gasteiger partial charge is 0.481 e. The van der Waals surface area contributed by atoms with Gasteiger partial charge in [0, 0.05) is 26.4 Å². The first-order valence-electron chi connectivity index (χ1n) is 4.83. The molecule has 1 rings (SSSR count). The van der Waals surface area contributed by atoms with Crippen molar-refractivity contribution < 1.29 is 19.5 Å². The molecule has 0 bridgehead atoms. The van der Waals surface area contributed by atoms with Gasteiger partial charge in [-0.05, 0) is 0 Å². The van der Waals surface area contributed by atoms with Crippen LogP contribution in [0.5, 0.6) is 0 Å². The maximum absolute atomic E-state index is 11.7. The number of carbonyl (C=O) groups is 3. The number of hydrazone groups is 1. The summed E-state index contributed by atoms with van der Waals surface area (Å²) in [6.45, 7) is 0.126. The van der Waals surface area contributed by atoms with Crippen molar-refractivity contribution in [2.24, 2.45) is 5.10 Å². The third kappa shape index (κ3) is 3.34. The Morgan fingerprint density at radius 3 is 2.69 bits per heavy atom. The van der Waals surface area contributed by atoms with Crippen LogP contribution in [0, 0.1) is 0 Å². The van der Waals surface area contributed by atoms with Crippen LogP contribution in [0.3, 0.4) is 0 Å². The molecule has 0 aliphatic carbocycles. The number of aliphatic carboxylic acids is 1. The predicted molar refractivity (Wildman–Crippen MR) is 54.7 cm³/mol. The fourth-order valence-corrected chi connectivity index (χ4v) is 1.21. The molecule has 0 fully saturated rings. The van der Waals surface area contributed by atoms with E-state index in [0.29, 0.717) is 6.42 Å². The Hall–Kier alpha value is -1.92. The third-order valence-electron chi connectivity index (χ3n) is 2.16. The Balaban J connectivity index is 2.50. The molecule has 0 atom stereocenters. The Bertz CT molecular complexity index is 351. The first kappa shape index (κ1) is 12.2. The highest BCUT2D eigenvalue weighted by molar-refractivity contribution is 6.39. The normalized spacial score (nSPS) is 15.1. The Kier molecular flexibility index (Phi) is 3.98. The van der Waals surface area contributed by atoms with Gasteiger partial charge in [0.25, 0.3) is 5.91 Å². The monoisotopic (exact) mass is 227 g/mol. The van der Waals surface area contributed by atoms with Gasteiger partial charge in [0.1, 0.15) is 5.71 Å². The molecule has 1 aliphatic rings. The molecule has 0 spiro atoms. The molecule has 0 saturated heterocycles. The van der Waals surface area contributed by atoms with Gasteiger partial charge in [0.05, 0.1) is 6.42 Å². The van der Waals surface area contributed by atoms with E-state index in [9.17, 15) is 14.4 Å². The summed E-state index contributed by atoms with van der Waals surface area (Å²) in [7, 11) is 1.50. The van der Waals surface area contributed by atoms with E-state index in [0.717, 1.165) is 0 Å². The van der Waals surface area contributed by atoms with Crippen LogP contribution >= 0.6 is 0 Å². The molecular weight excluding hydrogens is 214 g/mol. The number of nitrogens with zero attached hydrogens (tertiary/aromatic N) is 2. The Morgan fingerprint density at radius 1 is 1.50 bits per heavy atom. The lowest BCUT2D eigenvalue weighted by Crippen LogP contribution is -2.38. The van der Waals surface area contributed by atoms with Crippen LogP contribution in [0.15, 0.2) is 5.10 Å². The van der Waals surface area contributed by atoms with Crippen LogP contribution < -0.4 is 5.43 Å². The molecule has 1 heterocycles. The second-order valence-electron chi connectivity index (χ2n) is 3.46. The lowest BCUT2D eigenvalue weighted by Gasteiger charge is -2.18. The van der Waals surface area contributed by atoms with Crippen LogP contribution in [0.1, 0.15) is 19.3 Å². The van der Waals surface area contributed by atoms with E-state index in [1.165, 1.54) is 11.9 Å². The number of carboxylic acids is 1. The number of amides is 2. The minimum atomic E-state index is -0.960. The van der Waals surface area contributed by atoms with Crippen LogP contribution in [0.2, 0.25) is 0 Å². The predicted octanol–water partition coefficient (Wildman–Crippen LogP) is -0.814. The zero-order valence-electron chi connectivity index (χ0n) is 8.89. The van der Waals surface area contributed by atoms with Crippen molar-refractivity contribution in [3.05, 3.63) is 0 Å². The topological polar surface area (TPSA) is 99.1 Å². The van der Waals surface area contributed by atoms with Crippen molar-refractivity contribution in [2.45, 2.75) is 19.3 Å². The van der Waals surface area contributed by atoms with E-state index in [1.54, 1.807) is 0 Å². The van der Waals surface area contributed by atoms with Crippen molar-refractivity contribution in [1.82, 2.24) is 10.3 Å². The third-order valence-corrected chi connectivity index (χ3v) is 2.16. The fraction of sp³-hybridized carbons (Fsp3) is 0.556. The van der Waals surface area contributed by atoms with Gasteiger partial charge < -0.3 is 10.0 Å². The van der Waals surface area contributed by atoms with Crippen molar-refractivity contribution in [1.29, 1.82) is 0 Å². The van der Waals surface area contributed by atoms with E-state index in [2.05, 4.69) is 10.5 Å². The van der Waals surface area contributed by atoms with Gasteiger partial charge in [-0.1, -0.05) is 0 Å². The standard InChI is InChI=1S/C9H13N3O4/c1-12(5-4-8(14)15)9(16)6-2-3-7(13)11-10-6/h2-5H2,1H3,(H,11,13)(H,14,15). The molecular formula is C9H13N3O4. The van der Waals surface area contributed by atoms with E-state index in [4.69, 9.17) is 5.11 Å². The molecule has 7 nitrogen and oxygen atoms in total. The average molecular weight is 227 g/mol. The van der Waals surface area contributed by atoms with Gasteiger partial charge in [0.2, 0.25) is 5.91 Å². The summed E-state index contributed by atoms with van der Waals surface area (Å²) in [5.41, 5.74) is 2.47. The molecule has 0 saturated carbocycles. The van der Waals surface area contributed by atoms with E-state index in [-0.39, 0.29) is 36.9 Å². The number of hydrogen-bond donors (Lipinski definition) is 2. The highest BCUT2D eigenvalue weighted by Gasteiger charge is 2.21. The SMILES string of the molecule is CN(CCC(=O)O)C(=O)C1=NNC(=O)CC1. The lowest BCUT2D eigenvalue weighted by molar-refractivity contribution is -0.137. The van der Waals surface area contributed by atoms with E-state index in [1.807, 2.05) is 0 Å². The molecule has 0 aromatic carbocycles. The minimum Gasteiger partial charge on any atom is -0.481 e. The van der Waals surface area contributed by atoms with Gasteiger partial charge in [0.15, 0.2) is 0 Å². The maximum Gasteiger partial charge on any atom is 0.305 e. The fourth-order valence-electron chi connectivity index (χ4n) is 1.21. The van der Waals surface area contributed by atoms with Gasteiger partial charge in [-0.3, -0.25) is 14.4 Å². The summed E-state index contributed by atoms with van der Waals surface area (Å²) in [6, 6.07) is 0. The number of nitrogens with one attached hydrogen (secondary N) is 1. The van der Waals surface area contributed by atoms with Gasteiger partial charge in [-0.2, -0.15) is 5.10 Å². The molecule has 2 N–H and O–H groups in total. The van der Waals surface area contributed by atoms with Crippen molar-refractivity contribution >= 4 is 23.5 Å². The van der Waals surface area contributed by atoms with Gasteiger partial charge >= 0.3 is 5.97 Å². The molecule has 7 heteroatoms. The molecule has 2 amide bonds. The van der Waals surface area contributed by atoms with Crippen LogP contribution in [0.4, 0.5) is 0 Å². The summed E-state index contributed by atoms with van der Waals surface area (Å²) < 4.78 is 0. The zero-order valence-corrected chi connectivity index (χ0v) is 8.89. The second kappa shape index (κ2) is 5.24. The van der Waals surface area contributed by atoms with Crippen molar-refractivity contribution in [2.75, 3.05) is 13.6 Å². The smallest absolute Gasteiger partial charge is 0.305 e. The molecule has 16 heavy (non-hydrogen) atoms. The summed E-state index contributed by atoms with van der Waals surface area (Å²) in [6.07, 6.45) is 0.418. The summed E-state index contributed by atoms with van der Waals surface area (Å²) in [5.74, 6) is -1.52. The van der Waals surface area contributed by atoms with Crippen LogP contribution in [0.25, 0.3) is 0 Å². The van der Waals surface area contributed by atoms with Crippen LogP contribution in [-0.4, -0.2) is 47.1 Å². The molecule has 1 aliphatic heterocycles. The number of hydrogen-bond acceptors (Lipinski definition) is 4. The molecule has 0 unspecified atom stereocenters. The number of rotatable bonds is 4. The minimum absolute atomic E-state index is 0.109. The van der Waals surface area contributed by atoms with Gasteiger partial charge in [-0.15, -0.1) is 0 Å². The Morgan fingerprint density at radius 2 is 2.19 bits per heavy atom. The van der Waals surface area contributed by atoms with E-state index >= 15 is 0 Å². The average Bonchev–Trinajstić information content (AvgIpc) is 2.26. The van der Waals surface area contributed by atoms with Crippen molar-refractivity contribution in [3.63, 3.8) is 0 Å². The first-order chi connectivity index (χ1) is 7.50. The highest BCUT2D eigenvalue weighted by atomic mass is 16.4. The summed E-state index contributed by atoms with van der Waals surface area (Å²) in [5, 5.41) is 12.1. The molecule has 0 aromatic heterocycles. The quantitative estimate of drug-likeness (QED) is 0.655. The maximum atomic E-state index is 11.7. The number of carbonyl (C=O) groups excluding carboxylic acids is 2. The summed E-state index contributed by atoms with van der Waals surface area (Å²) in [4.78, 5) is 34.1. The van der Waals surface area contributed by atoms with E-state index < -0.39 is 5.97 Å². The summed E-state index contributed by atoms with van der Waals surface area (Å²) >= 11 is 0. The molecule has 0 radical (unpaired) electrons. The molecule has 0 aromatic rings. The molecule has 88 valence electrons. The van der Waals surface area contributed by atoms with Crippen molar-refractivity contribution in [3.8, 4) is 0 Å². The second-order valence-corrected chi connectivity index (χ2v) is 3.46. The lowest BCUT2D eigenvalue weighted by atomic mass is 10.1. The zero-order chi connectivity index (χ0) is 12.1.